The van der Waals surface area contributed by atoms with Gasteiger partial charge in [0.25, 0.3) is 5.56 Å². The van der Waals surface area contributed by atoms with Gasteiger partial charge in [-0.15, -0.1) is 0 Å². The number of methoxy groups -OCH3 is 3. The molecule has 30 heavy (non-hydrogen) atoms. The Morgan fingerprint density at radius 2 is 1.67 bits per heavy atom. The fourth-order valence-corrected chi connectivity index (χ4v) is 3.10. The average molecular weight is 418 g/mol. The molecule has 2 aromatic heterocycles. The third-order valence-corrected chi connectivity index (χ3v) is 4.64. The molecule has 0 atom stereocenters. The molecule has 0 aliphatic heterocycles. The van der Waals surface area contributed by atoms with E-state index in [1.165, 1.54) is 39.3 Å². The summed E-state index contributed by atoms with van der Waals surface area (Å²) in [5.74, 6) is 1.37. The van der Waals surface area contributed by atoms with Crippen LogP contribution in [0.5, 0.6) is 17.2 Å². The van der Waals surface area contributed by atoms with E-state index in [0.717, 1.165) is 10.1 Å². The Bertz CT molecular complexity index is 1200. The molecule has 0 fully saturated rings. The monoisotopic (exact) mass is 418 g/mol. The molecule has 0 saturated heterocycles. The maximum atomic E-state index is 12.6. The van der Waals surface area contributed by atoms with Crippen molar-refractivity contribution >= 4 is 17.3 Å². The van der Waals surface area contributed by atoms with E-state index >= 15 is 0 Å². The summed E-state index contributed by atoms with van der Waals surface area (Å²) in [4.78, 5) is 41.6. The summed E-state index contributed by atoms with van der Waals surface area (Å²) in [7, 11) is 7.52. The van der Waals surface area contributed by atoms with Gasteiger partial charge in [-0.3, -0.25) is 9.36 Å². The standard InChI is InChI=1S/C19H22N4O7/c1-21-10-20-16-14(21)17(24)23(18(25)22(16)2)19(26)30-7-6-11-8-12(27-3)15(29-5)13(9-11)28-4/h8-10H,6-7H2,1-5H3. The number of aryl methyl sites for hydroxylation is 2. The highest BCUT2D eigenvalue weighted by Gasteiger charge is 2.21. The lowest BCUT2D eigenvalue weighted by molar-refractivity contribution is 0.146. The lowest BCUT2D eigenvalue weighted by atomic mass is 10.1. The van der Waals surface area contributed by atoms with Gasteiger partial charge in [0.15, 0.2) is 22.7 Å². The van der Waals surface area contributed by atoms with E-state index in [-0.39, 0.29) is 17.8 Å². The zero-order valence-corrected chi connectivity index (χ0v) is 17.3. The molecule has 1 aromatic carbocycles. The number of hydrogen-bond donors (Lipinski definition) is 0. The predicted octanol–water partition coefficient (Wildman–Crippen LogP) is 0.687. The number of aromatic nitrogens is 4. The number of imidazole rings is 1. The summed E-state index contributed by atoms with van der Waals surface area (Å²) >= 11 is 0. The first kappa shape index (κ1) is 21.0. The number of rotatable bonds is 6. The highest BCUT2D eigenvalue weighted by molar-refractivity contribution is 5.76. The van der Waals surface area contributed by atoms with Gasteiger partial charge in [0, 0.05) is 20.5 Å². The minimum absolute atomic E-state index is 0.0729. The zero-order chi connectivity index (χ0) is 22.0. The maximum absolute atomic E-state index is 12.6. The molecule has 160 valence electrons. The summed E-state index contributed by atoms with van der Waals surface area (Å²) < 4.78 is 24.1. The van der Waals surface area contributed by atoms with E-state index in [1.807, 2.05) is 0 Å². The molecule has 0 saturated carbocycles. The van der Waals surface area contributed by atoms with E-state index in [9.17, 15) is 14.4 Å². The van der Waals surface area contributed by atoms with Gasteiger partial charge in [-0.05, 0) is 17.7 Å². The third-order valence-electron chi connectivity index (χ3n) is 4.64. The van der Waals surface area contributed by atoms with Crippen molar-refractivity contribution in [2.45, 2.75) is 6.42 Å². The summed E-state index contributed by atoms with van der Waals surface area (Å²) in [6.07, 6.45) is 0.632. The molecule has 11 nitrogen and oxygen atoms in total. The zero-order valence-electron chi connectivity index (χ0n) is 17.3. The lowest BCUT2D eigenvalue weighted by Gasteiger charge is -2.14. The fraction of sp³-hybridized carbons (Fsp3) is 0.368. The van der Waals surface area contributed by atoms with Gasteiger partial charge in [-0.1, -0.05) is 0 Å². The van der Waals surface area contributed by atoms with Crippen LogP contribution in [0.15, 0.2) is 28.0 Å². The summed E-state index contributed by atoms with van der Waals surface area (Å²) in [5.41, 5.74) is -0.554. The second kappa shape index (κ2) is 8.31. The Kier molecular flexibility index (Phi) is 5.81. The Morgan fingerprint density at radius 3 is 2.23 bits per heavy atom. The van der Waals surface area contributed by atoms with Gasteiger partial charge in [0.2, 0.25) is 5.75 Å². The topological polar surface area (TPSA) is 116 Å². The van der Waals surface area contributed by atoms with Crippen molar-refractivity contribution in [1.29, 1.82) is 0 Å². The van der Waals surface area contributed by atoms with Crippen molar-refractivity contribution in [3.05, 3.63) is 44.9 Å². The van der Waals surface area contributed by atoms with Crippen LogP contribution in [0.1, 0.15) is 5.56 Å². The van der Waals surface area contributed by atoms with Gasteiger partial charge < -0.3 is 23.5 Å². The van der Waals surface area contributed by atoms with Crippen LogP contribution in [0.4, 0.5) is 4.79 Å². The van der Waals surface area contributed by atoms with Gasteiger partial charge in [-0.25, -0.2) is 14.6 Å². The quantitative estimate of drug-likeness (QED) is 0.574. The predicted molar refractivity (Wildman–Crippen MR) is 107 cm³/mol. The summed E-state index contributed by atoms with van der Waals surface area (Å²) in [5, 5.41) is 0. The second-order valence-electron chi connectivity index (χ2n) is 6.41. The molecule has 0 N–H and O–H groups in total. The lowest BCUT2D eigenvalue weighted by Crippen LogP contribution is -2.44. The van der Waals surface area contributed by atoms with Crippen molar-refractivity contribution in [2.75, 3.05) is 27.9 Å². The number of ether oxygens (including phenoxy) is 4. The first-order valence-corrected chi connectivity index (χ1v) is 8.93. The number of hydrogen-bond acceptors (Lipinski definition) is 8. The summed E-state index contributed by atoms with van der Waals surface area (Å²) in [6.45, 7) is -0.0729. The van der Waals surface area contributed by atoms with E-state index in [4.69, 9.17) is 18.9 Å². The molecule has 0 spiro atoms. The molecular formula is C19H22N4O7. The maximum Gasteiger partial charge on any atom is 0.425 e. The molecule has 0 bridgehead atoms. The van der Waals surface area contributed by atoms with Crippen molar-refractivity contribution in [3.63, 3.8) is 0 Å². The smallest absolute Gasteiger partial charge is 0.425 e. The van der Waals surface area contributed by atoms with E-state index < -0.39 is 17.3 Å². The molecule has 2 heterocycles. The molecule has 3 aromatic rings. The molecule has 0 aliphatic carbocycles. The van der Waals surface area contributed by atoms with Crippen LogP contribution in [0.3, 0.4) is 0 Å². The van der Waals surface area contributed by atoms with Gasteiger partial charge in [0.05, 0.1) is 34.3 Å². The minimum atomic E-state index is -1.06. The first-order valence-electron chi connectivity index (χ1n) is 8.93. The number of carbonyl (C=O) groups excluding carboxylic acids is 1. The molecule has 0 amide bonds. The van der Waals surface area contributed by atoms with E-state index in [1.54, 1.807) is 19.2 Å². The van der Waals surface area contributed by atoms with Crippen LogP contribution in [0.2, 0.25) is 0 Å². The number of carbonyl (C=O) groups is 1. The summed E-state index contributed by atoms with van der Waals surface area (Å²) in [6, 6.07) is 3.45. The van der Waals surface area contributed by atoms with E-state index in [2.05, 4.69) is 4.98 Å². The van der Waals surface area contributed by atoms with Gasteiger partial charge in [0.1, 0.15) is 0 Å². The Hall–Kier alpha value is -3.76. The van der Waals surface area contributed by atoms with Crippen LogP contribution < -0.4 is 25.5 Å². The van der Waals surface area contributed by atoms with Gasteiger partial charge in [-0.2, -0.15) is 4.57 Å². The largest absolute Gasteiger partial charge is 0.493 e. The van der Waals surface area contributed by atoms with Crippen molar-refractivity contribution in [2.24, 2.45) is 14.1 Å². The van der Waals surface area contributed by atoms with Crippen LogP contribution in [-0.2, 0) is 25.3 Å². The number of fused-ring (bicyclic) bond motifs is 1. The first-order chi connectivity index (χ1) is 14.3. The van der Waals surface area contributed by atoms with Crippen molar-refractivity contribution < 1.29 is 23.7 Å². The molecule has 3 rings (SSSR count). The van der Waals surface area contributed by atoms with Crippen molar-refractivity contribution in [3.8, 4) is 17.2 Å². The van der Waals surface area contributed by atoms with Crippen LogP contribution >= 0.6 is 0 Å². The fourth-order valence-electron chi connectivity index (χ4n) is 3.10. The van der Waals surface area contributed by atoms with E-state index in [0.29, 0.717) is 28.2 Å². The molecule has 0 unspecified atom stereocenters. The normalized spacial score (nSPS) is 10.8. The van der Waals surface area contributed by atoms with Gasteiger partial charge >= 0.3 is 11.8 Å². The number of nitrogens with zero attached hydrogens (tertiary/aromatic N) is 4. The molecule has 0 radical (unpaired) electrons. The highest BCUT2D eigenvalue weighted by Crippen LogP contribution is 2.38. The Balaban J connectivity index is 1.83. The van der Waals surface area contributed by atoms with Crippen LogP contribution in [0, 0.1) is 0 Å². The Morgan fingerprint density at radius 1 is 1.03 bits per heavy atom. The minimum Gasteiger partial charge on any atom is -0.493 e. The van der Waals surface area contributed by atoms with Crippen molar-refractivity contribution in [1.82, 2.24) is 18.7 Å². The Labute approximate surface area is 171 Å². The second-order valence-corrected chi connectivity index (χ2v) is 6.41. The highest BCUT2D eigenvalue weighted by atomic mass is 16.6. The number of benzene rings is 1. The molecule has 11 heteroatoms. The third kappa shape index (κ3) is 3.49. The average Bonchev–Trinajstić information content (AvgIpc) is 3.13. The van der Waals surface area contributed by atoms with Crippen LogP contribution in [0.25, 0.3) is 11.2 Å². The molecule has 0 aliphatic rings. The molecular weight excluding hydrogens is 396 g/mol. The van der Waals surface area contributed by atoms with Crippen LogP contribution in [-0.4, -0.2) is 52.7 Å². The SMILES string of the molecule is COc1cc(CCOC(=O)n2c(=O)c3c(ncn3C)n(C)c2=O)cc(OC)c1OC.